The van der Waals surface area contributed by atoms with Crippen molar-refractivity contribution in [3.05, 3.63) is 34.6 Å². The van der Waals surface area contributed by atoms with Crippen LogP contribution in [0.15, 0.2) is 18.2 Å². The van der Waals surface area contributed by atoms with Gasteiger partial charge in [-0.3, -0.25) is 9.59 Å². The molecule has 1 amide bonds. The highest BCUT2D eigenvalue weighted by Crippen LogP contribution is 2.31. The third kappa shape index (κ3) is 4.15. The fraction of sp³-hybridized carbons (Fsp3) is 0.429. The van der Waals surface area contributed by atoms with E-state index in [2.05, 4.69) is 5.32 Å². The van der Waals surface area contributed by atoms with Gasteiger partial charge in [-0.15, -0.1) is 0 Å². The van der Waals surface area contributed by atoms with Crippen molar-refractivity contribution < 1.29 is 23.8 Å². The van der Waals surface area contributed by atoms with Crippen molar-refractivity contribution >= 4 is 23.5 Å². The van der Waals surface area contributed by atoms with Gasteiger partial charge in [0.2, 0.25) is 5.91 Å². The molecule has 0 aromatic heterocycles. The molecular weight excluding hydrogens is 301 g/mol. The van der Waals surface area contributed by atoms with E-state index in [9.17, 15) is 14.0 Å². The van der Waals surface area contributed by atoms with E-state index in [1.807, 2.05) is 0 Å². The quantitative estimate of drug-likeness (QED) is 0.874. The van der Waals surface area contributed by atoms with Crippen molar-refractivity contribution in [3.63, 3.8) is 0 Å². The molecule has 0 aliphatic carbocycles. The van der Waals surface area contributed by atoms with Gasteiger partial charge in [0.25, 0.3) is 0 Å². The second-order valence-corrected chi connectivity index (χ2v) is 5.23. The lowest BCUT2D eigenvalue weighted by atomic mass is 10.0. The second-order valence-electron chi connectivity index (χ2n) is 4.82. The number of nitrogens with one attached hydrogen (secondary N) is 1. The third-order valence-corrected chi connectivity index (χ3v) is 3.58. The van der Waals surface area contributed by atoms with Crippen molar-refractivity contribution in [1.82, 2.24) is 5.32 Å². The van der Waals surface area contributed by atoms with Gasteiger partial charge in [-0.1, -0.05) is 17.7 Å². The lowest BCUT2D eigenvalue weighted by Gasteiger charge is -2.20. The Labute approximate surface area is 126 Å². The molecule has 1 fully saturated rings. The molecule has 0 bridgehead atoms. The van der Waals surface area contributed by atoms with Crippen molar-refractivity contribution in [1.29, 1.82) is 0 Å². The number of carbonyl (C=O) groups excluding carboxylic acids is 1. The van der Waals surface area contributed by atoms with Crippen LogP contribution in [0.25, 0.3) is 0 Å². The van der Waals surface area contributed by atoms with Crippen LogP contribution in [0.4, 0.5) is 4.39 Å². The number of carboxylic acid groups (broad SMARTS) is 1. The van der Waals surface area contributed by atoms with Crippen molar-refractivity contribution in [2.75, 3.05) is 6.61 Å². The minimum absolute atomic E-state index is 0.0267. The molecule has 21 heavy (non-hydrogen) atoms. The maximum atomic E-state index is 13.5. The number of hydrogen-bond donors (Lipinski definition) is 2. The summed E-state index contributed by atoms with van der Waals surface area (Å²) in [7, 11) is 0. The van der Waals surface area contributed by atoms with Crippen molar-refractivity contribution in [2.24, 2.45) is 0 Å². The molecule has 1 heterocycles. The average Bonchev–Trinajstić information content (AvgIpc) is 2.87. The van der Waals surface area contributed by atoms with Crippen LogP contribution in [0.5, 0.6) is 0 Å². The normalized spacial score (nSPS) is 21.2. The van der Waals surface area contributed by atoms with Crippen LogP contribution < -0.4 is 5.32 Å². The van der Waals surface area contributed by atoms with Gasteiger partial charge in [-0.2, -0.15) is 0 Å². The number of ether oxygens (including phenoxy) is 1. The number of rotatable bonds is 5. The first-order valence-electron chi connectivity index (χ1n) is 6.55. The molecule has 1 aromatic carbocycles. The van der Waals surface area contributed by atoms with Gasteiger partial charge in [0.15, 0.2) is 0 Å². The van der Waals surface area contributed by atoms with Crippen LogP contribution in [0, 0.1) is 5.82 Å². The zero-order valence-corrected chi connectivity index (χ0v) is 11.9. The summed E-state index contributed by atoms with van der Waals surface area (Å²) in [5.41, 5.74) is 0.595. The highest BCUT2D eigenvalue weighted by Gasteiger charge is 2.31. The number of hydrogen-bond acceptors (Lipinski definition) is 3. The number of halogens is 2. The van der Waals surface area contributed by atoms with Crippen LogP contribution in [0.2, 0.25) is 5.02 Å². The van der Waals surface area contributed by atoms with Gasteiger partial charge in [0, 0.05) is 13.0 Å². The molecule has 2 atom stereocenters. The zero-order chi connectivity index (χ0) is 15.4. The monoisotopic (exact) mass is 315 g/mol. The second kappa shape index (κ2) is 6.87. The standard InChI is InChI=1S/C14H15ClFNO4/c15-9-2-1-8(7-10(9)16)14-11(5-6-21-14)17-12(18)3-4-13(19)20/h1-2,7,11,14H,3-6H2,(H,17,18)(H,19,20). The summed E-state index contributed by atoms with van der Waals surface area (Å²) in [5.74, 6) is -1.92. The Bertz CT molecular complexity index is 552. The van der Waals surface area contributed by atoms with Gasteiger partial charge in [0.05, 0.1) is 17.5 Å². The SMILES string of the molecule is O=C(O)CCC(=O)NC1CCOC1c1ccc(Cl)c(F)c1. The number of carbonyl (C=O) groups is 2. The first kappa shape index (κ1) is 15.7. The summed E-state index contributed by atoms with van der Waals surface area (Å²) in [6.07, 6.45) is -0.175. The molecule has 0 saturated carbocycles. The van der Waals surface area contributed by atoms with E-state index in [4.69, 9.17) is 21.4 Å². The van der Waals surface area contributed by atoms with E-state index in [0.29, 0.717) is 18.6 Å². The highest BCUT2D eigenvalue weighted by atomic mass is 35.5. The Kier molecular flexibility index (Phi) is 5.14. The van der Waals surface area contributed by atoms with Gasteiger partial charge in [-0.25, -0.2) is 4.39 Å². The maximum Gasteiger partial charge on any atom is 0.303 e. The lowest BCUT2D eigenvalue weighted by molar-refractivity contribution is -0.139. The fourth-order valence-corrected chi connectivity index (χ4v) is 2.37. The first-order valence-corrected chi connectivity index (χ1v) is 6.93. The Balaban J connectivity index is 2.01. The smallest absolute Gasteiger partial charge is 0.303 e. The third-order valence-electron chi connectivity index (χ3n) is 3.28. The van der Waals surface area contributed by atoms with Crippen LogP contribution in [0.3, 0.4) is 0 Å². The molecular formula is C14H15ClFNO4. The largest absolute Gasteiger partial charge is 0.481 e. The molecule has 2 rings (SSSR count). The number of carboxylic acids is 1. The molecule has 2 unspecified atom stereocenters. The summed E-state index contributed by atoms with van der Waals surface area (Å²) in [6, 6.07) is 4.08. The predicted octanol–water partition coefficient (Wildman–Crippen LogP) is 2.29. The number of benzene rings is 1. The maximum absolute atomic E-state index is 13.5. The number of amides is 1. The fourth-order valence-electron chi connectivity index (χ4n) is 2.25. The van der Waals surface area contributed by atoms with Crippen LogP contribution in [-0.4, -0.2) is 29.6 Å². The zero-order valence-electron chi connectivity index (χ0n) is 11.1. The molecule has 7 heteroatoms. The molecule has 114 valence electrons. The van der Waals surface area contributed by atoms with Gasteiger partial charge < -0.3 is 15.2 Å². The molecule has 0 radical (unpaired) electrons. The Morgan fingerprint density at radius 3 is 2.86 bits per heavy atom. The number of aliphatic carboxylic acids is 1. The topological polar surface area (TPSA) is 75.6 Å². The molecule has 1 aliphatic rings. The molecule has 1 aliphatic heterocycles. The summed E-state index contributed by atoms with van der Waals surface area (Å²) in [4.78, 5) is 22.1. The van der Waals surface area contributed by atoms with Gasteiger partial charge in [0.1, 0.15) is 11.9 Å². The summed E-state index contributed by atoms with van der Waals surface area (Å²) < 4.78 is 19.0. The molecule has 1 saturated heterocycles. The van der Waals surface area contributed by atoms with Crippen molar-refractivity contribution in [2.45, 2.75) is 31.4 Å². The minimum Gasteiger partial charge on any atom is -0.481 e. The molecule has 1 aromatic rings. The molecule has 5 nitrogen and oxygen atoms in total. The first-order chi connectivity index (χ1) is 9.97. The highest BCUT2D eigenvalue weighted by molar-refractivity contribution is 6.30. The van der Waals surface area contributed by atoms with Gasteiger partial charge >= 0.3 is 5.97 Å². The minimum atomic E-state index is -1.02. The van der Waals surface area contributed by atoms with Gasteiger partial charge in [-0.05, 0) is 24.1 Å². The van der Waals surface area contributed by atoms with E-state index in [1.54, 1.807) is 6.07 Å². The molecule has 0 spiro atoms. The van der Waals surface area contributed by atoms with E-state index in [0.717, 1.165) is 0 Å². The molecule has 2 N–H and O–H groups in total. The predicted molar refractivity (Wildman–Crippen MR) is 73.5 cm³/mol. The summed E-state index contributed by atoms with van der Waals surface area (Å²) in [5, 5.41) is 11.3. The lowest BCUT2D eigenvalue weighted by Crippen LogP contribution is -2.36. The van der Waals surface area contributed by atoms with Crippen LogP contribution in [-0.2, 0) is 14.3 Å². The van der Waals surface area contributed by atoms with E-state index in [-0.39, 0.29) is 29.8 Å². The van der Waals surface area contributed by atoms with Crippen LogP contribution >= 0.6 is 11.6 Å². The van der Waals surface area contributed by atoms with E-state index >= 15 is 0 Å². The van der Waals surface area contributed by atoms with Crippen LogP contribution in [0.1, 0.15) is 30.9 Å². The Morgan fingerprint density at radius 2 is 2.19 bits per heavy atom. The summed E-state index contributed by atoms with van der Waals surface area (Å²) >= 11 is 5.64. The van der Waals surface area contributed by atoms with E-state index < -0.39 is 17.9 Å². The van der Waals surface area contributed by atoms with Crippen molar-refractivity contribution in [3.8, 4) is 0 Å². The Morgan fingerprint density at radius 1 is 1.43 bits per heavy atom. The summed E-state index contributed by atoms with van der Waals surface area (Å²) in [6.45, 7) is 0.443. The van der Waals surface area contributed by atoms with E-state index in [1.165, 1.54) is 12.1 Å². The average molecular weight is 316 g/mol. The Hall–Kier alpha value is -1.66.